The lowest BCUT2D eigenvalue weighted by molar-refractivity contribution is 0.0725. The summed E-state index contributed by atoms with van der Waals surface area (Å²) in [6.45, 7) is 0.603. The molecule has 98 valence electrons. The van der Waals surface area contributed by atoms with Crippen molar-refractivity contribution >= 4 is 22.9 Å². The molecule has 1 aliphatic rings. The van der Waals surface area contributed by atoms with E-state index in [2.05, 4.69) is 4.98 Å². The first-order valence-corrected chi connectivity index (χ1v) is 7.22. The van der Waals surface area contributed by atoms with E-state index >= 15 is 0 Å². The predicted molar refractivity (Wildman–Crippen MR) is 75.9 cm³/mol. The van der Waals surface area contributed by atoms with Crippen LogP contribution >= 0.6 is 11.3 Å². The van der Waals surface area contributed by atoms with E-state index in [1.165, 1.54) is 11.3 Å². The van der Waals surface area contributed by atoms with Crippen LogP contribution in [0.5, 0.6) is 0 Å². The van der Waals surface area contributed by atoms with Crippen molar-refractivity contribution in [1.29, 1.82) is 0 Å². The van der Waals surface area contributed by atoms with E-state index in [4.69, 9.17) is 5.73 Å². The molecular formula is C14H15N3OS. The molecule has 2 aromatic rings. The van der Waals surface area contributed by atoms with Crippen LogP contribution in [-0.4, -0.2) is 21.8 Å². The topological polar surface area (TPSA) is 59.2 Å². The van der Waals surface area contributed by atoms with Crippen LogP contribution in [0.15, 0.2) is 35.2 Å². The number of carbonyl (C=O) groups excluding carboxylic acids is 1. The fraction of sp³-hybridized carbons (Fsp3) is 0.286. The van der Waals surface area contributed by atoms with Crippen LogP contribution in [0.2, 0.25) is 0 Å². The van der Waals surface area contributed by atoms with Gasteiger partial charge in [-0.1, -0.05) is 12.1 Å². The molecule has 1 heterocycles. The molecule has 0 bridgehead atoms. The Bertz CT molecular complexity index is 578. The summed E-state index contributed by atoms with van der Waals surface area (Å²) < 4.78 is 0. The molecule has 0 aliphatic heterocycles. The Balaban J connectivity index is 1.80. The summed E-state index contributed by atoms with van der Waals surface area (Å²) >= 11 is 1.45. The van der Waals surface area contributed by atoms with Crippen molar-refractivity contribution in [3.63, 3.8) is 0 Å². The molecule has 0 unspecified atom stereocenters. The SMILES string of the molecule is Nc1cccc(CN(C(=O)c2cscn2)C2CC2)c1. The van der Waals surface area contributed by atoms with Crippen LogP contribution in [0.4, 0.5) is 5.69 Å². The van der Waals surface area contributed by atoms with Gasteiger partial charge in [0.05, 0.1) is 5.51 Å². The monoisotopic (exact) mass is 273 g/mol. The van der Waals surface area contributed by atoms with Gasteiger partial charge < -0.3 is 10.6 Å². The third-order valence-electron chi connectivity index (χ3n) is 3.20. The summed E-state index contributed by atoms with van der Waals surface area (Å²) in [6.07, 6.45) is 2.16. The largest absolute Gasteiger partial charge is 0.399 e. The number of rotatable bonds is 4. The molecule has 2 N–H and O–H groups in total. The van der Waals surface area contributed by atoms with Crippen LogP contribution in [0, 0.1) is 0 Å². The number of aromatic nitrogens is 1. The van der Waals surface area contributed by atoms with Crippen molar-refractivity contribution in [2.75, 3.05) is 5.73 Å². The molecule has 1 saturated carbocycles. The van der Waals surface area contributed by atoms with Gasteiger partial charge in [0.25, 0.3) is 5.91 Å². The molecule has 0 atom stereocenters. The van der Waals surface area contributed by atoms with Gasteiger partial charge in [0.1, 0.15) is 5.69 Å². The standard InChI is InChI=1S/C14H15N3OS/c15-11-3-1-2-10(6-11)7-17(12-4-5-12)14(18)13-8-19-9-16-13/h1-3,6,8-9,12H,4-5,7,15H2. The molecule has 19 heavy (non-hydrogen) atoms. The first kappa shape index (κ1) is 12.2. The minimum absolute atomic E-state index is 0.0196. The Morgan fingerprint density at radius 2 is 2.32 bits per heavy atom. The Labute approximate surface area is 115 Å². The van der Waals surface area contributed by atoms with Crippen LogP contribution in [0.3, 0.4) is 0 Å². The smallest absolute Gasteiger partial charge is 0.273 e. The maximum absolute atomic E-state index is 12.4. The fourth-order valence-corrected chi connectivity index (χ4v) is 2.63. The fourth-order valence-electron chi connectivity index (χ4n) is 2.11. The lowest BCUT2D eigenvalue weighted by atomic mass is 10.2. The maximum Gasteiger partial charge on any atom is 0.273 e. The van der Waals surface area contributed by atoms with Crippen molar-refractivity contribution in [3.05, 3.63) is 46.4 Å². The van der Waals surface area contributed by atoms with Gasteiger partial charge >= 0.3 is 0 Å². The second-order valence-electron chi connectivity index (χ2n) is 4.78. The van der Waals surface area contributed by atoms with Gasteiger partial charge in [-0.15, -0.1) is 11.3 Å². The Morgan fingerprint density at radius 3 is 2.95 bits per heavy atom. The van der Waals surface area contributed by atoms with Gasteiger partial charge in [0.15, 0.2) is 0 Å². The zero-order valence-corrected chi connectivity index (χ0v) is 11.3. The number of nitrogens with two attached hydrogens (primary N) is 1. The minimum atomic E-state index is 0.0196. The lowest BCUT2D eigenvalue weighted by Gasteiger charge is -2.21. The molecule has 1 fully saturated rings. The molecular weight excluding hydrogens is 258 g/mol. The Hall–Kier alpha value is -1.88. The van der Waals surface area contributed by atoms with Crippen LogP contribution in [0.1, 0.15) is 28.9 Å². The number of nitrogens with zero attached hydrogens (tertiary/aromatic N) is 2. The number of thiazole rings is 1. The van der Waals surface area contributed by atoms with E-state index in [0.717, 1.165) is 24.1 Å². The number of nitrogen functional groups attached to an aromatic ring is 1. The first-order chi connectivity index (χ1) is 9.24. The lowest BCUT2D eigenvalue weighted by Crippen LogP contribution is -2.32. The number of anilines is 1. The molecule has 1 amide bonds. The number of carbonyl (C=O) groups is 1. The van der Waals surface area contributed by atoms with E-state index in [0.29, 0.717) is 18.3 Å². The minimum Gasteiger partial charge on any atom is -0.399 e. The summed E-state index contributed by atoms with van der Waals surface area (Å²) in [7, 11) is 0. The summed E-state index contributed by atoms with van der Waals surface area (Å²) in [6, 6.07) is 8.05. The van der Waals surface area contributed by atoms with Gasteiger partial charge in [0, 0.05) is 23.7 Å². The molecule has 3 rings (SSSR count). The predicted octanol–water partition coefficient (Wildman–Crippen LogP) is 2.53. The van der Waals surface area contributed by atoms with Crippen molar-refractivity contribution in [2.24, 2.45) is 0 Å². The molecule has 4 nitrogen and oxygen atoms in total. The van der Waals surface area contributed by atoms with Crippen LogP contribution < -0.4 is 5.73 Å². The highest BCUT2D eigenvalue weighted by atomic mass is 32.1. The van der Waals surface area contributed by atoms with E-state index in [1.807, 2.05) is 29.2 Å². The van der Waals surface area contributed by atoms with Crippen molar-refractivity contribution in [2.45, 2.75) is 25.4 Å². The zero-order valence-electron chi connectivity index (χ0n) is 10.5. The highest BCUT2D eigenvalue weighted by molar-refractivity contribution is 7.07. The highest BCUT2D eigenvalue weighted by Crippen LogP contribution is 2.30. The second-order valence-corrected chi connectivity index (χ2v) is 5.50. The first-order valence-electron chi connectivity index (χ1n) is 6.27. The third-order valence-corrected chi connectivity index (χ3v) is 3.79. The molecule has 0 spiro atoms. The van der Waals surface area contributed by atoms with Crippen LogP contribution in [0.25, 0.3) is 0 Å². The highest BCUT2D eigenvalue weighted by Gasteiger charge is 2.33. The molecule has 1 aromatic heterocycles. The molecule has 1 aliphatic carbocycles. The van der Waals surface area contributed by atoms with Gasteiger partial charge in [-0.2, -0.15) is 0 Å². The summed E-state index contributed by atoms with van der Waals surface area (Å²) in [4.78, 5) is 18.4. The van der Waals surface area contributed by atoms with E-state index < -0.39 is 0 Å². The second kappa shape index (κ2) is 5.01. The van der Waals surface area contributed by atoms with Crippen molar-refractivity contribution in [3.8, 4) is 0 Å². The summed E-state index contributed by atoms with van der Waals surface area (Å²) in [5, 5.41) is 1.80. The average Bonchev–Trinajstić information content (AvgIpc) is 3.09. The Morgan fingerprint density at radius 1 is 1.47 bits per heavy atom. The van der Waals surface area contributed by atoms with Gasteiger partial charge in [0.2, 0.25) is 0 Å². The quantitative estimate of drug-likeness (QED) is 0.871. The number of hydrogen-bond acceptors (Lipinski definition) is 4. The van der Waals surface area contributed by atoms with Gasteiger partial charge in [-0.3, -0.25) is 4.79 Å². The number of benzene rings is 1. The van der Waals surface area contributed by atoms with E-state index in [1.54, 1.807) is 10.9 Å². The normalized spacial score (nSPS) is 14.3. The maximum atomic E-state index is 12.4. The van der Waals surface area contributed by atoms with Crippen molar-refractivity contribution < 1.29 is 4.79 Å². The number of hydrogen-bond donors (Lipinski definition) is 1. The van der Waals surface area contributed by atoms with Crippen molar-refractivity contribution in [1.82, 2.24) is 9.88 Å². The summed E-state index contributed by atoms with van der Waals surface area (Å²) in [5.74, 6) is 0.0196. The molecule has 1 aromatic carbocycles. The molecule has 5 heteroatoms. The number of amides is 1. The zero-order chi connectivity index (χ0) is 13.2. The van der Waals surface area contributed by atoms with E-state index in [9.17, 15) is 4.79 Å². The summed E-state index contributed by atoms with van der Waals surface area (Å²) in [5.41, 5.74) is 9.81. The molecule has 0 radical (unpaired) electrons. The van der Waals surface area contributed by atoms with Gasteiger partial charge in [-0.25, -0.2) is 4.98 Å². The van der Waals surface area contributed by atoms with Crippen LogP contribution in [-0.2, 0) is 6.54 Å². The Kier molecular flexibility index (Phi) is 3.21. The third kappa shape index (κ3) is 2.76. The van der Waals surface area contributed by atoms with E-state index in [-0.39, 0.29) is 5.91 Å². The van der Waals surface area contributed by atoms with Gasteiger partial charge in [-0.05, 0) is 30.5 Å². The molecule has 0 saturated heterocycles. The average molecular weight is 273 g/mol.